The lowest BCUT2D eigenvalue weighted by Crippen LogP contribution is -2.16. The third-order valence-electron chi connectivity index (χ3n) is 2.37. The van der Waals surface area contributed by atoms with Crippen LogP contribution in [0.1, 0.15) is 15.9 Å². The van der Waals surface area contributed by atoms with Gasteiger partial charge in [0.05, 0.1) is 10.9 Å². The van der Waals surface area contributed by atoms with E-state index in [1.807, 2.05) is 12.1 Å². The zero-order chi connectivity index (χ0) is 12.1. The summed E-state index contributed by atoms with van der Waals surface area (Å²) in [6, 6.07) is 8.04. The molecule has 2 aromatic rings. The molecule has 2 nitrogen and oxygen atoms in total. The van der Waals surface area contributed by atoms with Crippen LogP contribution in [0.5, 0.6) is 0 Å². The normalized spacial score (nSPS) is 12.8. The summed E-state index contributed by atoms with van der Waals surface area (Å²) in [6.07, 6.45) is 0.903. The Bertz CT molecular complexity index is 441. The van der Waals surface area contributed by atoms with Gasteiger partial charge in [-0.05, 0) is 23.6 Å². The van der Waals surface area contributed by atoms with Gasteiger partial charge in [-0.2, -0.15) is 0 Å². The van der Waals surface area contributed by atoms with Gasteiger partial charge in [0.15, 0.2) is 0 Å². The Kier molecular flexibility index (Phi) is 5.00. The standard InChI is InChI=1S/C12H14ClNOS2/c13-12-4-3-11(17-12)10(8-14)15-6-5-9-2-1-7-16-9/h1-4,7,10H,5-6,8,14H2. The van der Waals surface area contributed by atoms with E-state index in [1.165, 1.54) is 16.2 Å². The Morgan fingerprint density at radius 1 is 1.35 bits per heavy atom. The van der Waals surface area contributed by atoms with Gasteiger partial charge < -0.3 is 10.5 Å². The van der Waals surface area contributed by atoms with E-state index < -0.39 is 0 Å². The van der Waals surface area contributed by atoms with Crippen molar-refractivity contribution >= 4 is 34.3 Å². The van der Waals surface area contributed by atoms with Crippen molar-refractivity contribution in [1.29, 1.82) is 0 Å². The van der Waals surface area contributed by atoms with Crippen LogP contribution in [0.3, 0.4) is 0 Å². The Labute approximate surface area is 114 Å². The molecule has 2 heterocycles. The first-order valence-electron chi connectivity index (χ1n) is 5.39. The molecule has 92 valence electrons. The highest BCUT2D eigenvalue weighted by Gasteiger charge is 2.12. The topological polar surface area (TPSA) is 35.2 Å². The minimum Gasteiger partial charge on any atom is -0.371 e. The maximum atomic E-state index is 5.90. The summed E-state index contributed by atoms with van der Waals surface area (Å²) in [7, 11) is 0. The number of hydrogen-bond acceptors (Lipinski definition) is 4. The maximum absolute atomic E-state index is 5.90. The lowest BCUT2D eigenvalue weighted by molar-refractivity contribution is 0.0636. The lowest BCUT2D eigenvalue weighted by atomic mass is 10.3. The third-order valence-corrected chi connectivity index (χ3v) is 4.63. The number of thiophene rings is 2. The highest BCUT2D eigenvalue weighted by molar-refractivity contribution is 7.16. The first-order chi connectivity index (χ1) is 8.29. The molecular formula is C12H14ClNOS2. The van der Waals surface area contributed by atoms with Crippen LogP contribution < -0.4 is 5.73 Å². The van der Waals surface area contributed by atoms with E-state index in [0.29, 0.717) is 13.2 Å². The highest BCUT2D eigenvalue weighted by Crippen LogP contribution is 2.28. The molecule has 2 N–H and O–H groups in total. The SMILES string of the molecule is NCC(OCCc1cccs1)c1ccc(Cl)s1. The van der Waals surface area contributed by atoms with Crippen LogP contribution in [0.4, 0.5) is 0 Å². The smallest absolute Gasteiger partial charge is 0.104 e. The summed E-state index contributed by atoms with van der Waals surface area (Å²) in [5.41, 5.74) is 5.71. The molecule has 0 saturated carbocycles. The van der Waals surface area contributed by atoms with Crippen LogP contribution in [0.2, 0.25) is 4.34 Å². The van der Waals surface area contributed by atoms with Crippen molar-refractivity contribution in [2.24, 2.45) is 5.73 Å². The average molecular weight is 288 g/mol. The predicted molar refractivity (Wildman–Crippen MR) is 75.1 cm³/mol. The molecule has 0 aromatic carbocycles. The fourth-order valence-electron chi connectivity index (χ4n) is 1.52. The zero-order valence-electron chi connectivity index (χ0n) is 9.27. The Morgan fingerprint density at radius 2 is 2.24 bits per heavy atom. The summed E-state index contributed by atoms with van der Waals surface area (Å²) in [6.45, 7) is 1.18. The molecule has 2 aromatic heterocycles. The number of ether oxygens (including phenoxy) is 1. The van der Waals surface area contributed by atoms with Gasteiger partial charge in [-0.1, -0.05) is 17.7 Å². The Hall–Kier alpha value is -0.390. The molecule has 0 aliphatic carbocycles. The average Bonchev–Trinajstić information content (AvgIpc) is 2.96. The van der Waals surface area contributed by atoms with E-state index in [9.17, 15) is 0 Å². The predicted octanol–water partition coefficient (Wildman–Crippen LogP) is 3.72. The molecule has 0 saturated heterocycles. The van der Waals surface area contributed by atoms with E-state index in [0.717, 1.165) is 15.6 Å². The van der Waals surface area contributed by atoms with Crippen molar-refractivity contribution in [1.82, 2.24) is 0 Å². The molecule has 0 aliphatic rings. The summed E-state index contributed by atoms with van der Waals surface area (Å²) in [5.74, 6) is 0. The second-order valence-electron chi connectivity index (χ2n) is 3.57. The summed E-state index contributed by atoms with van der Waals surface area (Å²) in [5, 5.41) is 2.08. The molecule has 5 heteroatoms. The zero-order valence-corrected chi connectivity index (χ0v) is 11.7. The van der Waals surface area contributed by atoms with Crippen molar-refractivity contribution in [2.45, 2.75) is 12.5 Å². The lowest BCUT2D eigenvalue weighted by Gasteiger charge is -2.13. The Morgan fingerprint density at radius 3 is 2.82 bits per heavy atom. The molecule has 0 aliphatic heterocycles. The van der Waals surface area contributed by atoms with Gasteiger partial charge in [-0.15, -0.1) is 22.7 Å². The van der Waals surface area contributed by atoms with Crippen LogP contribution in [-0.4, -0.2) is 13.2 Å². The summed E-state index contributed by atoms with van der Waals surface area (Å²) in [4.78, 5) is 2.44. The van der Waals surface area contributed by atoms with Crippen LogP contribution >= 0.6 is 34.3 Å². The van der Waals surface area contributed by atoms with E-state index in [1.54, 1.807) is 11.3 Å². The third kappa shape index (κ3) is 3.79. The second kappa shape index (κ2) is 6.52. The molecule has 0 radical (unpaired) electrons. The van der Waals surface area contributed by atoms with Crippen molar-refractivity contribution < 1.29 is 4.74 Å². The van der Waals surface area contributed by atoms with Crippen molar-refractivity contribution in [3.8, 4) is 0 Å². The minimum atomic E-state index is -0.0348. The molecule has 17 heavy (non-hydrogen) atoms. The summed E-state index contributed by atoms with van der Waals surface area (Å²) < 4.78 is 6.58. The van der Waals surface area contributed by atoms with E-state index in [4.69, 9.17) is 22.1 Å². The molecule has 0 fully saturated rings. The summed E-state index contributed by atoms with van der Waals surface area (Å²) >= 11 is 9.18. The van der Waals surface area contributed by atoms with E-state index in [-0.39, 0.29) is 6.10 Å². The minimum absolute atomic E-state index is 0.0348. The van der Waals surface area contributed by atoms with Gasteiger partial charge in [0.2, 0.25) is 0 Å². The molecular weight excluding hydrogens is 274 g/mol. The number of rotatable bonds is 6. The second-order valence-corrected chi connectivity index (χ2v) is 6.35. The van der Waals surface area contributed by atoms with Crippen LogP contribution in [0, 0.1) is 0 Å². The van der Waals surface area contributed by atoms with Crippen molar-refractivity contribution in [3.63, 3.8) is 0 Å². The van der Waals surface area contributed by atoms with Crippen LogP contribution in [0.25, 0.3) is 0 Å². The van der Waals surface area contributed by atoms with Crippen LogP contribution in [-0.2, 0) is 11.2 Å². The van der Waals surface area contributed by atoms with Gasteiger partial charge in [0.1, 0.15) is 6.10 Å². The Balaban J connectivity index is 1.84. The molecule has 1 atom stereocenters. The maximum Gasteiger partial charge on any atom is 0.104 e. The van der Waals surface area contributed by atoms with Crippen molar-refractivity contribution in [3.05, 3.63) is 43.7 Å². The van der Waals surface area contributed by atoms with Crippen LogP contribution in [0.15, 0.2) is 29.6 Å². The van der Waals surface area contributed by atoms with Gasteiger partial charge in [0.25, 0.3) is 0 Å². The fraction of sp³-hybridized carbons (Fsp3) is 0.333. The largest absolute Gasteiger partial charge is 0.371 e. The molecule has 2 rings (SSSR count). The quantitative estimate of drug-likeness (QED) is 0.879. The highest BCUT2D eigenvalue weighted by atomic mass is 35.5. The van der Waals surface area contributed by atoms with E-state index in [2.05, 4.69) is 17.5 Å². The number of halogens is 1. The first kappa shape index (κ1) is 13.1. The number of hydrogen-bond donors (Lipinski definition) is 1. The van der Waals surface area contributed by atoms with Gasteiger partial charge >= 0.3 is 0 Å². The fourth-order valence-corrected chi connectivity index (χ4v) is 3.34. The van der Waals surface area contributed by atoms with Gasteiger partial charge in [-0.25, -0.2) is 0 Å². The first-order valence-corrected chi connectivity index (χ1v) is 7.46. The monoisotopic (exact) mass is 287 g/mol. The molecule has 0 spiro atoms. The number of nitrogens with two attached hydrogens (primary N) is 1. The van der Waals surface area contributed by atoms with Gasteiger partial charge in [-0.3, -0.25) is 0 Å². The van der Waals surface area contributed by atoms with E-state index >= 15 is 0 Å². The van der Waals surface area contributed by atoms with Crippen molar-refractivity contribution in [2.75, 3.05) is 13.2 Å². The molecule has 0 bridgehead atoms. The van der Waals surface area contributed by atoms with Gasteiger partial charge in [0, 0.05) is 22.7 Å². The molecule has 1 unspecified atom stereocenters. The molecule has 0 amide bonds.